The molecule has 142 valence electrons. The first-order valence-electron chi connectivity index (χ1n) is 10.1. The Morgan fingerprint density at radius 2 is 1.85 bits per heavy atom. The molecule has 0 heterocycles. The number of fused-ring (bicyclic) bond motifs is 1. The first-order valence-corrected chi connectivity index (χ1v) is 10.1. The maximum absolute atomic E-state index is 13.3. The van der Waals surface area contributed by atoms with Gasteiger partial charge in [-0.15, -0.1) is 0 Å². The Kier molecular flexibility index (Phi) is 5.05. The lowest BCUT2D eigenvalue weighted by atomic mass is 9.70. The van der Waals surface area contributed by atoms with E-state index < -0.39 is 0 Å². The Labute approximate surface area is 161 Å². The van der Waals surface area contributed by atoms with Crippen LogP contribution in [-0.2, 0) is 11.2 Å². The summed E-state index contributed by atoms with van der Waals surface area (Å²) in [5.41, 5.74) is 4.10. The van der Waals surface area contributed by atoms with Crippen molar-refractivity contribution in [3.8, 4) is 16.9 Å². The average molecular weight is 364 g/mol. The van der Waals surface area contributed by atoms with Crippen LogP contribution in [0, 0.1) is 5.41 Å². The first kappa shape index (κ1) is 18.2. The van der Waals surface area contributed by atoms with Crippen molar-refractivity contribution in [3.05, 3.63) is 53.6 Å². The molecule has 0 N–H and O–H groups in total. The highest BCUT2D eigenvalue weighted by atomic mass is 16.5. The minimum atomic E-state index is -0.193. The van der Waals surface area contributed by atoms with Gasteiger partial charge in [0.25, 0.3) is 0 Å². The number of hydrogen-bond acceptors (Lipinski definition) is 3. The molecule has 2 aliphatic rings. The zero-order valence-corrected chi connectivity index (χ0v) is 16.3. The van der Waals surface area contributed by atoms with Gasteiger partial charge in [0, 0.05) is 17.6 Å². The minimum absolute atomic E-state index is 0.193. The molecule has 0 amide bonds. The van der Waals surface area contributed by atoms with Crippen molar-refractivity contribution in [2.24, 2.45) is 5.41 Å². The van der Waals surface area contributed by atoms with E-state index in [0.29, 0.717) is 11.9 Å². The molecule has 2 aromatic carbocycles. The fourth-order valence-corrected chi connectivity index (χ4v) is 4.65. The Balaban J connectivity index is 1.55. The van der Waals surface area contributed by atoms with E-state index in [9.17, 15) is 4.79 Å². The molecule has 2 aliphatic carbocycles. The summed E-state index contributed by atoms with van der Waals surface area (Å²) < 4.78 is 11.3. The minimum Gasteiger partial charge on any atom is -0.497 e. The summed E-state index contributed by atoms with van der Waals surface area (Å²) in [6, 6.07) is 14.4. The highest BCUT2D eigenvalue weighted by Gasteiger charge is 2.47. The van der Waals surface area contributed by atoms with Crippen molar-refractivity contribution in [2.45, 2.75) is 51.6 Å². The molecule has 1 spiro atoms. The second-order valence-corrected chi connectivity index (χ2v) is 7.96. The number of carbonyl (C=O) groups is 1. The van der Waals surface area contributed by atoms with Crippen molar-refractivity contribution < 1.29 is 14.3 Å². The maximum atomic E-state index is 13.3. The second kappa shape index (κ2) is 7.47. The van der Waals surface area contributed by atoms with Crippen LogP contribution in [0.2, 0.25) is 0 Å². The first-order chi connectivity index (χ1) is 13.1. The molecule has 0 aromatic heterocycles. The molecular weight excluding hydrogens is 336 g/mol. The number of benzene rings is 2. The third-order valence-corrected chi connectivity index (χ3v) is 6.22. The van der Waals surface area contributed by atoms with Gasteiger partial charge < -0.3 is 9.47 Å². The van der Waals surface area contributed by atoms with Crippen LogP contribution in [0.4, 0.5) is 0 Å². The Hall–Kier alpha value is -2.13. The highest BCUT2D eigenvalue weighted by molar-refractivity contribution is 6.05. The zero-order chi connectivity index (χ0) is 18.9. The fraction of sp³-hybridized carbons (Fsp3) is 0.458. The normalized spacial score (nSPS) is 24.2. The van der Waals surface area contributed by atoms with Gasteiger partial charge >= 0.3 is 0 Å². The predicted octanol–water partition coefficient (Wildman–Crippen LogP) is 5.46. The quantitative estimate of drug-likeness (QED) is 0.707. The number of hydrogen-bond donors (Lipinski definition) is 0. The molecular formula is C24H28O3. The van der Waals surface area contributed by atoms with E-state index in [2.05, 4.69) is 31.2 Å². The summed E-state index contributed by atoms with van der Waals surface area (Å²) in [6.45, 7) is 2.97. The summed E-state index contributed by atoms with van der Waals surface area (Å²) in [5.74, 6) is 1.18. The molecule has 1 saturated carbocycles. The monoisotopic (exact) mass is 364 g/mol. The summed E-state index contributed by atoms with van der Waals surface area (Å²) in [7, 11) is 1.68. The van der Waals surface area contributed by atoms with Crippen LogP contribution in [0.25, 0.3) is 11.1 Å². The fourth-order valence-electron chi connectivity index (χ4n) is 4.65. The van der Waals surface area contributed by atoms with Gasteiger partial charge in [0.1, 0.15) is 5.75 Å². The van der Waals surface area contributed by atoms with Gasteiger partial charge in [0.15, 0.2) is 5.78 Å². The Morgan fingerprint density at radius 3 is 2.59 bits per heavy atom. The van der Waals surface area contributed by atoms with E-state index in [1.54, 1.807) is 7.11 Å². The molecule has 1 fully saturated rings. The van der Waals surface area contributed by atoms with Crippen LogP contribution in [0.3, 0.4) is 0 Å². The standard InChI is InChI=1S/C24H28O3/c1-3-13-27-20-9-11-24(12-10-20)16-19-8-7-18(15-22(19)23(24)25)17-5-4-6-21(14-17)26-2/h4-8,14-15,20H,3,9-13,16H2,1-2H3/t20-,24-. The topological polar surface area (TPSA) is 35.5 Å². The molecule has 0 radical (unpaired) electrons. The van der Waals surface area contributed by atoms with Gasteiger partial charge in [-0.05, 0) is 73.4 Å². The number of rotatable bonds is 5. The molecule has 0 bridgehead atoms. The Bertz CT molecular complexity index is 831. The van der Waals surface area contributed by atoms with Gasteiger partial charge in [-0.3, -0.25) is 4.79 Å². The van der Waals surface area contributed by atoms with E-state index in [4.69, 9.17) is 9.47 Å². The van der Waals surface area contributed by atoms with Crippen LogP contribution in [0.1, 0.15) is 54.9 Å². The number of Topliss-reactive ketones (excluding diaryl/α,β-unsaturated/α-hetero) is 1. The predicted molar refractivity (Wildman–Crippen MR) is 107 cm³/mol. The Morgan fingerprint density at radius 1 is 1.07 bits per heavy atom. The average Bonchev–Trinajstić information content (AvgIpc) is 2.99. The SMILES string of the molecule is CCCO[C@H]1CC[C@]2(CC1)Cc1ccc(-c3cccc(OC)c3)cc1C2=O. The second-order valence-electron chi connectivity index (χ2n) is 7.96. The number of ether oxygens (including phenoxy) is 2. The van der Waals surface area contributed by atoms with Crippen molar-refractivity contribution in [1.82, 2.24) is 0 Å². The lowest BCUT2D eigenvalue weighted by molar-refractivity contribution is 0.00201. The van der Waals surface area contributed by atoms with Gasteiger partial charge in [0.2, 0.25) is 0 Å². The summed E-state index contributed by atoms with van der Waals surface area (Å²) in [6.07, 6.45) is 6.18. The molecule has 0 saturated heterocycles. The largest absolute Gasteiger partial charge is 0.497 e. The van der Waals surface area contributed by atoms with E-state index in [1.165, 1.54) is 5.56 Å². The van der Waals surface area contributed by atoms with E-state index in [0.717, 1.165) is 67.6 Å². The number of ketones is 1. The van der Waals surface area contributed by atoms with E-state index in [1.807, 2.05) is 18.2 Å². The third-order valence-electron chi connectivity index (χ3n) is 6.22. The van der Waals surface area contributed by atoms with Crippen LogP contribution in [-0.4, -0.2) is 25.6 Å². The van der Waals surface area contributed by atoms with Crippen molar-refractivity contribution in [2.75, 3.05) is 13.7 Å². The zero-order valence-electron chi connectivity index (χ0n) is 16.3. The van der Waals surface area contributed by atoms with Crippen molar-refractivity contribution in [1.29, 1.82) is 0 Å². The van der Waals surface area contributed by atoms with Crippen LogP contribution >= 0.6 is 0 Å². The van der Waals surface area contributed by atoms with Gasteiger partial charge in [-0.25, -0.2) is 0 Å². The maximum Gasteiger partial charge on any atom is 0.169 e. The van der Waals surface area contributed by atoms with Crippen molar-refractivity contribution >= 4 is 5.78 Å². The molecule has 3 heteroatoms. The highest BCUT2D eigenvalue weighted by Crippen LogP contribution is 2.48. The molecule has 27 heavy (non-hydrogen) atoms. The van der Waals surface area contributed by atoms with E-state index >= 15 is 0 Å². The number of methoxy groups -OCH3 is 1. The molecule has 0 aliphatic heterocycles. The molecule has 0 atom stereocenters. The lowest BCUT2D eigenvalue weighted by Gasteiger charge is -2.35. The third kappa shape index (κ3) is 3.41. The summed E-state index contributed by atoms with van der Waals surface area (Å²) >= 11 is 0. The van der Waals surface area contributed by atoms with Gasteiger partial charge in [-0.2, -0.15) is 0 Å². The van der Waals surface area contributed by atoms with Crippen LogP contribution in [0.5, 0.6) is 5.75 Å². The lowest BCUT2D eigenvalue weighted by Crippen LogP contribution is -2.35. The molecule has 4 rings (SSSR count). The summed E-state index contributed by atoms with van der Waals surface area (Å²) in [4.78, 5) is 13.3. The number of carbonyl (C=O) groups excluding carboxylic acids is 1. The molecule has 0 unspecified atom stereocenters. The molecule has 2 aromatic rings. The van der Waals surface area contributed by atoms with Crippen molar-refractivity contribution in [3.63, 3.8) is 0 Å². The van der Waals surface area contributed by atoms with E-state index in [-0.39, 0.29) is 5.41 Å². The molecule has 3 nitrogen and oxygen atoms in total. The van der Waals surface area contributed by atoms with Crippen LogP contribution in [0.15, 0.2) is 42.5 Å². The van der Waals surface area contributed by atoms with Crippen LogP contribution < -0.4 is 4.74 Å². The van der Waals surface area contributed by atoms with Gasteiger partial charge in [0.05, 0.1) is 13.2 Å². The smallest absolute Gasteiger partial charge is 0.169 e. The van der Waals surface area contributed by atoms with Gasteiger partial charge in [-0.1, -0.05) is 31.2 Å². The summed E-state index contributed by atoms with van der Waals surface area (Å²) in [5, 5.41) is 0.